The Balaban J connectivity index is 2.28. The number of aliphatic hydroxyl groups excluding tert-OH is 1. The van der Waals surface area contributed by atoms with Gasteiger partial charge in [0, 0.05) is 17.9 Å². The minimum Gasteiger partial charge on any atom is -0.396 e. The van der Waals surface area contributed by atoms with Crippen LogP contribution in [-0.2, 0) is 0 Å². The highest BCUT2D eigenvalue weighted by atomic mass is 19.1. The van der Waals surface area contributed by atoms with Crippen LogP contribution in [0, 0.1) is 11.2 Å². The van der Waals surface area contributed by atoms with Crippen LogP contribution in [0.15, 0.2) is 24.3 Å². The first-order valence-corrected chi connectivity index (χ1v) is 6.28. The molecule has 1 saturated carbocycles. The standard InChI is InChI=1S/C14H20FNO/c15-12-5-3-11(4-6-12)13(9-16)14(10-17)7-1-2-8-14/h3-6,13,17H,1-2,7-10,16H2/t13-/m1/s1. The third-order valence-electron chi connectivity index (χ3n) is 4.16. The molecule has 0 saturated heterocycles. The Kier molecular flexibility index (Phi) is 3.79. The van der Waals surface area contributed by atoms with E-state index in [-0.39, 0.29) is 23.8 Å². The average molecular weight is 237 g/mol. The van der Waals surface area contributed by atoms with Crippen molar-refractivity contribution in [3.05, 3.63) is 35.6 Å². The number of halogens is 1. The summed E-state index contributed by atoms with van der Waals surface area (Å²) >= 11 is 0. The van der Waals surface area contributed by atoms with E-state index in [9.17, 15) is 9.50 Å². The van der Waals surface area contributed by atoms with Crippen molar-refractivity contribution < 1.29 is 9.50 Å². The molecule has 0 amide bonds. The van der Waals surface area contributed by atoms with Crippen LogP contribution in [0.4, 0.5) is 4.39 Å². The van der Waals surface area contributed by atoms with E-state index in [2.05, 4.69) is 0 Å². The molecule has 17 heavy (non-hydrogen) atoms. The van der Waals surface area contributed by atoms with Gasteiger partial charge in [0.2, 0.25) is 0 Å². The Morgan fingerprint density at radius 2 is 1.82 bits per heavy atom. The van der Waals surface area contributed by atoms with Crippen molar-refractivity contribution in [3.63, 3.8) is 0 Å². The van der Waals surface area contributed by atoms with E-state index in [1.807, 2.05) is 0 Å². The molecule has 0 heterocycles. The molecule has 1 aliphatic rings. The van der Waals surface area contributed by atoms with Crippen molar-refractivity contribution in [3.8, 4) is 0 Å². The number of aliphatic hydroxyl groups is 1. The topological polar surface area (TPSA) is 46.2 Å². The van der Waals surface area contributed by atoms with E-state index >= 15 is 0 Å². The van der Waals surface area contributed by atoms with Crippen LogP contribution in [0.2, 0.25) is 0 Å². The largest absolute Gasteiger partial charge is 0.396 e. The van der Waals surface area contributed by atoms with Crippen LogP contribution >= 0.6 is 0 Å². The van der Waals surface area contributed by atoms with E-state index in [1.54, 1.807) is 12.1 Å². The maximum absolute atomic E-state index is 12.9. The van der Waals surface area contributed by atoms with Gasteiger partial charge in [-0.15, -0.1) is 0 Å². The van der Waals surface area contributed by atoms with Crippen molar-refractivity contribution in [2.75, 3.05) is 13.2 Å². The second-order valence-electron chi connectivity index (χ2n) is 5.07. The summed E-state index contributed by atoms with van der Waals surface area (Å²) in [5.74, 6) is -0.0930. The highest BCUT2D eigenvalue weighted by Gasteiger charge is 2.40. The van der Waals surface area contributed by atoms with Gasteiger partial charge >= 0.3 is 0 Å². The molecule has 1 aromatic carbocycles. The zero-order valence-corrected chi connectivity index (χ0v) is 10.0. The fraction of sp³-hybridized carbons (Fsp3) is 0.571. The summed E-state index contributed by atoms with van der Waals surface area (Å²) in [4.78, 5) is 0. The molecule has 0 aromatic heterocycles. The first-order valence-electron chi connectivity index (χ1n) is 6.28. The first-order chi connectivity index (χ1) is 8.22. The van der Waals surface area contributed by atoms with Gasteiger partial charge in [-0.2, -0.15) is 0 Å². The van der Waals surface area contributed by atoms with Crippen molar-refractivity contribution in [1.29, 1.82) is 0 Å². The maximum atomic E-state index is 12.9. The third kappa shape index (κ3) is 2.35. The molecule has 3 heteroatoms. The smallest absolute Gasteiger partial charge is 0.123 e. The molecule has 2 nitrogen and oxygen atoms in total. The van der Waals surface area contributed by atoms with Gasteiger partial charge in [-0.3, -0.25) is 0 Å². The molecule has 3 N–H and O–H groups in total. The predicted octanol–water partition coefficient (Wildman–Crippen LogP) is 2.42. The molecule has 0 aliphatic heterocycles. The zero-order valence-electron chi connectivity index (χ0n) is 10.0. The monoisotopic (exact) mass is 237 g/mol. The molecule has 1 aliphatic carbocycles. The summed E-state index contributed by atoms with van der Waals surface area (Å²) in [6, 6.07) is 6.53. The summed E-state index contributed by atoms with van der Waals surface area (Å²) in [6.07, 6.45) is 4.34. The van der Waals surface area contributed by atoms with E-state index < -0.39 is 0 Å². The van der Waals surface area contributed by atoms with Gasteiger partial charge in [0.05, 0.1) is 0 Å². The number of hydrogen-bond donors (Lipinski definition) is 2. The highest BCUT2D eigenvalue weighted by molar-refractivity contribution is 5.24. The first kappa shape index (κ1) is 12.5. The molecule has 0 unspecified atom stereocenters. The van der Waals surface area contributed by atoms with Crippen molar-refractivity contribution in [1.82, 2.24) is 0 Å². The lowest BCUT2D eigenvalue weighted by Crippen LogP contribution is -2.34. The highest BCUT2D eigenvalue weighted by Crippen LogP contribution is 2.48. The molecule has 0 spiro atoms. The minimum atomic E-state index is -0.228. The predicted molar refractivity (Wildman–Crippen MR) is 66.2 cm³/mol. The lowest BCUT2D eigenvalue weighted by Gasteiger charge is -2.35. The average Bonchev–Trinajstić information content (AvgIpc) is 2.82. The molecule has 94 valence electrons. The molecule has 0 radical (unpaired) electrons. The van der Waals surface area contributed by atoms with Crippen LogP contribution in [0.25, 0.3) is 0 Å². The lowest BCUT2D eigenvalue weighted by molar-refractivity contribution is 0.102. The summed E-state index contributed by atoms with van der Waals surface area (Å²) < 4.78 is 12.9. The van der Waals surface area contributed by atoms with E-state index in [1.165, 1.54) is 12.1 Å². The summed E-state index contributed by atoms with van der Waals surface area (Å²) in [5.41, 5.74) is 6.83. The fourth-order valence-corrected chi connectivity index (χ4v) is 3.13. The molecule has 2 rings (SSSR count). The Labute approximate surface area is 102 Å². The molecule has 1 aromatic rings. The Hall–Kier alpha value is -0.930. The summed E-state index contributed by atoms with van der Waals surface area (Å²) in [5, 5.41) is 9.70. The van der Waals surface area contributed by atoms with Gasteiger partial charge in [-0.25, -0.2) is 4.39 Å². The Bertz CT molecular complexity index is 357. The molecule has 0 bridgehead atoms. The van der Waals surface area contributed by atoms with Gasteiger partial charge in [0.25, 0.3) is 0 Å². The van der Waals surface area contributed by atoms with Crippen LogP contribution in [0.5, 0.6) is 0 Å². The second kappa shape index (κ2) is 5.15. The number of benzene rings is 1. The van der Waals surface area contributed by atoms with Gasteiger partial charge in [-0.1, -0.05) is 25.0 Å². The van der Waals surface area contributed by atoms with Gasteiger partial charge in [-0.05, 0) is 37.1 Å². The molecule has 1 fully saturated rings. The van der Waals surface area contributed by atoms with Crippen LogP contribution < -0.4 is 5.73 Å². The Morgan fingerprint density at radius 3 is 2.29 bits per heavy atom. The van der Waals surface area contributed by atoms with Crippen LogP contribution in [0.3, 0.4) is 0 Å². The van der Waals surface area contributed by atoms with Crippen LogP contribution in [0.1, 0.15) is 37.2 Å². The summed E-state index contributed by atoms with van der Waals surface area (Å²) in [7, 11) is 0. The minimum absolute atomic E-state index is 0.0907. The SMILES string of the molecule is NC[C@H](c1ccc(F)cc1)C1(CO)CCCC1. The van der Waals surface area contributed by atoms with E-state index in [0.29, 0.717) is 6.54 Å². The number of hydrogen-bond acceptors (Lipinski definition) is 2. The van der Waals surface area contributed by atoms with Crippen molar-refractivity contribution in [2.45, 2.75) is 31.6 Å². The second-order valence-corrected chi connectivity index (χ2v) is 5.07. The van der Waals surface area contributed by atoms with Gasteiger partial charge in [0.15, 0.2) is 0 Å². The van der Waals surface area contributed by atoms with E-state index in [0.717, 1.165) is 31.2 Å². The van der Waals surface area contributed by atoms with Crippen LogP contribution in [-0.4, -0.2) is 18.3 Å². The van der Waals surface area contributed by atoms with Crippen molar-refractivity contribution in [2.24, 2.45) is 11.1 Å². The Morgan fingerprint density at radius 1 is 1.24 bits per heavy atom. The molecular formula is C14H20FNO. The lowest BCUT2D eigenvalue weighted by atomic mass is 9.71. The maximum Gasteiger partial charge on any atom is 0.123 e. The zero-order chi connectivity index (χ0) is 12.3. The number of rotatable bonds is 4. The fourth-order valence-electron chi connectivity index (χ4n) is 3.13. The van der Waals surface area contributed by atoms with E-state index in [4.69, 9.17) is 5.73 Å². The van der Waals surface area contributed by atoms with Gasteiger partial charge < -0.3 is 10.8 Å². The van der Waals surface area contributed by atoms with Crippen molar-refractivity contribution >= 4 is 0 Å². The quantitative estimate of drug-likeness (QED) is 0.844. The number of nitrogens with two attached hydrogens (primary N) is 1. The molecule has 1 atom stereocenters. The summed E-state index contributed by atoms with van der Waals surface area (Å²) in [6.45, 7) is 0.679. The molecular weight excluding hydrogens is 217 g/mol. The normalized spacial score (nSPS) is 20.4. The van der Waals surface area contributed by atoms with Gasteiger partial charge in [0.1, 0.15) is 5.82 Å². The third-order valence-corrected chi connectivity index (χ3v) is 4.16.